The monoisotopic (exact) mass is 319 g/mol. The maximum absolute atomic E-state index is 11.6. The van der Waals surface area contributed by atoms with Gasteiger partial charge >= 0.3 is 0 Å². The van der Waals surface area contributed by atoms with Crippen molar-refractivity contribution in [3.05, 3.63) is 0 Å². The molecule has 8 heteroatoms. The Morgan fingerprint density at radius 3 is 2.27 bits per heavy atom. The molecule has 0 spiro atoms. The molecule has 1 heterocycles. The van der Waals surface area contributed by atoms with Crippen molar-refractivity contribution in [3.8, 4) is 0 Å². The third kappa shape index (κ3) is 4.01. The fourth-order valence-corrected chi connectivity index (χ4v) is 5.21. The molecule has 1 N–H and O–H groups in total. The summed E-state index contributed by atoms with van der Waals surface area (Å²) >= 11 is 3.12. The quantitative estimate of drug-likeness (QED) is 0.732. The van der Waals surface area contributed by atoms with Gasteiger partial charge in [0.1, 0.15) is 9.84 Å². The molecule has 0 aromatic rings. The Bertz CT molecular complexity index is 389. The Hall–Kier alpha value is 0.340. The summed E-state index contributed by atoms with van der Waals surface area (Å²) in [6, 6.07) is 0. The van der Waals surface area contributed by atoms with Crippen molar-refractivity contribution in [2.24, 2.45) is 0 Å². The zero-order valence-corrected chi connectivity index (χ0v) is 11.4. The van der Waals surface area contributed by atoms with E-state index in [0.29, 0.717) is 11.9 Å². The molecule has 0 bridgehead atoms. The summed E-state index contributed by atoms with van der Waals surface area (Å²) in [5.41, 5.74) is 0. The van der Waals surface area contributed by atoms with E-state index in [0.717, 1.165) is 0 Å². The van der Waals surface area contributed by atoms with Gasteiger partial charge in [0.15, 0.2) is 0 Å². The molecule has 0 saturated carbocycles. The lowest BCUT2D eigenvalue weighted by atomic mass is 10.2. The van der Waals surface area contributed by atoms with E-state index >= 15 is 0 Å². The SMILES string of the molecule is O=S1(=O)CCC(S(=O)(=O)NCCBr)CC1. The molecule has 0 unspecified atom stereocenters. The van der Waals surface area contributed by atoms with Crippen molar-refractivity contribution >= 4 is 35.8 Å². The third-order valence-corrected chi connectivity index (χ3v) is 6.41. The average molecular weight is 320 g/mol. The molecule has 0 aromatic carbocycles. The summed E-state index contributed by atoms with van der Waals surface area (Å²) in [6.07, 6.45) is 0.417. The van der Waals surface area contributed by atoms with E-state index in [1.54, 1.807) is 0 Å². The van der Waals surface area contributed by atoms with Crippen molar-refractivity contribution in [3.63, 3.8) is 0 Å². The van der Waals surface area contributed by atoms with Crippen LogP contribution in [0.5, 0.6) is 0 Å². The van der Waals surface area contributed by atoms with Crippen molar-refractivity contribution in [2.45, 2.75) is 18.1 Å². The molecule has 90 valence electrons. The highest BCUT2D eigenvalue weighted by atomic mass is 79.9. The topological polar surface area (TPSA) is 80.3 Å². The van der Waals surface area contributed by atoms with Crippen LogP contribution in [0.1, 0.15) is 12.8 Å². The molecular weight excluding hydrogens is 306 g/mol. The smallest absolute Gasteiger partial charge is 0.214 e. The van der Waals surface area contributed by atoms with Gasteiger partial charge in [-0.3, -0.25) is 0 Å². The first-order chi connectivity index (χ1) is 6.87. The molecule has 0 aliphatic carbocycles. The molecule has 1 aliphatic heterocycles. The normalized spacial score (nSPS) is 22.7. The minimum Gasteiger partial charge on any atom is -0.229 e. The number of alkyl halides is 1. The number of rotatable bonds is 4. The van der Waals surface area contributed by atoms with E-state index < -0.39 is 25.1 Å². The Balaban J connectivity index is 2.60. The predicted molar refractivity (Wildman–Crippen MR) is 62.4 cm³/mol. The molecule has 1 saturated heterocycles. The summed E-state index contributed by atoms with van der Waals surface area (Å²) in [7, 11) is -6.34. The first kappa shape index (κ1) is 13.4. The molecule has 15 heavy (non-hydrogen) atoms. The highest BCUT2D eigenvalue weighted by molar-refractivity contribution is 9.09. The van der Waals surface area contributed by atoms with Gasteiger partial charge in [0.2, 0.25) is 10.0 Å². The average Bonchev–Trinajstić information content (AvgIpc) is 2.14. The summed E-state index contributed by atoms with van der Waals surface area (Å²) in [4.78, 5) is 0. The summed E-state index contributed by atoms with van der Waals surface area (Å²) < 4.78 is 47.9. The van der Waals surface area contributed by atoms with Crippen LogP contribution in [0.4, 0.5) is 0 Å². The van der Waals surface area contributed by atoms with Crippen LogP contribution >= 0.6 is 15.9 Å². The van der Waals surface area contributed by atoms with Crippen LogP contribution in [0.15, 0.2) is 0 Å². The van der Waals surface area contributed by atoms with Gasteiger partial charge in [-0.2, -0.15) is 0 Å². The Labute approximate surface area is 98.7 Å². The van der Waals surface area contributed by atoms with Gasteiger partial charge in [0.05, 0.1) is 16.8 Å². The number of hydrogen-bond acceptors (Lipinski definition) is 4. The molecule has 1 rings (SSSR count). The van der Waals surface area contributed by atoms with Crippen molar-refractivity contribution in [2.75, 3.05) is 23.4 Å². The number of nitrogens with one attached hydrogen (secondary N) is 1. The lowest BCUT2D eigenvalue weighted by molar-refractivity contribution is 0.544. The number of hydrogen-bond donors (Lipinski definition) is 1. The largest absolute Gasteiger partial charge is 0.229 e. The van der Waals surface area contributed by atoms with Crippen LogP contribution in [0.25, 0.3) is 0 Å². The third-order valence-electron chi connectivity index (χ3n) is 2.34. The predicted octanol–water partition coefficient (Wildman–Crippen LogP) is -0.122. The Kier molecular flexibility index (Phi) is 4.57. The second kappa shape index (κ2) is 5.11. The maximum atomic E-state index is 11.6. The van der Waals surface area contributed by atoms with E-state index in [-0.39, 0.29) is 24.3 Å². The first-order valence-electron chi connectivity index (χ1n) is 4.62. The van der Waals surface area contributed by atoms with E-state index in [1.165, 1.54) is 0 Å². The van der Waals surface area contributed by atoms with Gasteiger partial charge in [0, 0.05) is 11.9 Å². The minimum absolute atomic E-state index is 0.0209. The Morgan fingerprint density at radius 2 is 1.80 bits per heavy atom. The molecule has 0 atom stereocenters. The van der Waals surface area contributed by atoms with E-state index in [1.807, 2.05) is 0 Å². The van der Waals surface area contributed by atoms with Gasteiger partial charge in [-0.05, 0) is 12.8 Å². The molecule has 1 fully saturated rings. The van der Waals surface area contributed by atoms with Gasteiger partial charge in [0.25, 0.3) is 0 Å². The summed E-state index contributed by atoms with van der Waals surface area (Å²) in [5, 5.41) is -0.00266. The summed E-state index contributed by atoms with van der Waals surface area (Å²) in [6.45, 7) is 0.339. The van der Waals surface area contributed by atoms with E-state index in [2.05, 4.69) is 20.7 Å². The van der Waals surface area contributed by atoms with Crippen LogP contribution in [0.3, 0.4) is 0 Å². The van der Waals surface area contributed by atoms with Crippen molar-refractivity contribution in [1.29, 1.82) is 0 Å². The van der Waals surface area contributed by atoms with Crippen LogP contribution in [0, 0.1) is 0 Å². The molecule has 1 aliphatic rings. The molecule has 0 aromatic heterocycles. The lowest BCUT2D eigenvalue weighted by Crippen LogP contribution is -2.40. The number of sulfone groups is 1. The van der Waals surface area contributed by atoms with Crippen LogP contribution < -0.4 is 4.72 Å². The van der Waals surface area contributed by atoms with Crippen LogP contribution in [-0.2, 0) is 19.9 Å². The first-order valence-corrected chi connectivity index (χ1v) is 9.11. The van der Waals surface area contributed by atoms with Crippen molar-refractivity contribution in [1.82, 2.24) is 4.72 Å². The van der Waals surface area contributed by atoms with Crippen molar-refractivity contribution < 1.29 is 16.8 Å². The highest BCUT2D eigenvalue weighted by Crippen LogP contribution is 2.18. The zero-order valence-electron chi connectivity index (χ0n) is 8.15. The number of halogens is 1. The van der Waals surface area contributed by atoms with Gasteiger partial charge in [-0.1, -0.05) is 15.9 Å². The zero-order chi connectivity index (χ0) is 11.5. The Morgan fingerprint density at radius 1 is 1.27 bits per heavy atom. The van der Waals surface area contributed by atoms with Gasteiger partial charge in [-0.15, -0.1) is 0 Å². The summed E-state index contributed by atoms with van der Waals surface area (Å²) in [5.74, 6) is -0.0419. The molecule has 0 amide bonds. The second-order valence-corrected chi connectivity index (χ2v) is 8.62. The van der Waals surface area contributed by atoms with Crippen LogP contribution in [-0.4, -0.2) is 45.5 Å². The standard InChI is InChI=1S/C7H14BrNO4S2/c8-3-4-9-15(12,13)7-1-5-14(10,11)6-2-7/h7,9H,1-6H2. The van der Waals surface area contributed by atoms with Crippen LogP contribution in [0.2, 0.25) is 0 Å². The fourth-order valence-electron chi connectivity index (χ4n) is 1.48. The van der Waals surface area contributed by atoms with Gasteiger partial charge < -0.3 is 0 Å². The minimum atomic E-state index is -3.34. The molecule has 0 radical (unpaired) electrons. The second-order valence-electron chi connectivity index (χ2n) is 3.48. The lowest BCUT2D eigenvalue weighted by Gasteiger charge is -2.21. The van der Waals surface area contributed by atoms with E-state index in [9.17, 15) is 16.8 Å². The van der Waals surface area contributed by atoms with E-state index in [4.69, 9.17) is 0 Å². The van der Waals surface area contributed by atoms with Gasteiger partial charge in [-0.25, -0.2) is 21.6 Å². The maximum Gasteiger partial charge on any atom is 0.214 e. The highest BCUT2D eigenvalue weighted by Gasteiger charge is 2.32. The number of sulfonamides is 1. The molecule has 5 nitrogen and oxygen atoms in total. The molecular formula is C7H14BrNO4S2. The fraction of sp³-hybridized carbons (Fsp3) is 1.00.